The van der Waals surface area contributed by atoms with Crippen molar-refractivity contribution in [2.24, 2.45) is 11.8 Å². The number of aliphatic carboxylic acids is 1. The minimum absolute atomic E-state index is 0.0242. The fourth-order valence-corrected chi connectivity index (χ4v) is 3.61. The van der Waals surface area contributed by atoms with Gasteiger partial charge in [-0.15, -0.1) is 0 Å². The van der Waals surface area contributed by atoms with Crippen LogP contribution < -0.4 is 0 Å². The van der Waals surface area contributed by atoms with Crippen LogP contribution >= 0.6 is 0 Å². The Morgan fingerprint density at radius 1 is 1.09 bits per heavy atom. The van der Waals surface area contributed by atoms with Crippen molar-refractivity contribution in [2.75, 3.05) is 0 Å². The maximum atomic E-state index is 10.5. The van der Waals surface area contributed by atoms with Crippen molar-refractivity contribution in [3.8, 4) is 0 Å². The van der Waals surface area contributed by atoms with Crippen molar-refractivity contribution in [1.29, 1.82) is 0 Å². The molecule has 0 heterocycles. The van der Waals surface area contributed by atoms with Crippen LogP contribution in [0.15, 0.2) is 0 Å². The van der Waals surface area contributed by atoms with Crippen LogP contribution in [-0.4, -0.2) is 44.7 Å². The average molecular weight is 316 g/mol. The SMILES string of the molecule is CCCCC(O)CC1C(O)CC(O)C1CCCCCC(=O)O. The molecule has 0 aromatic heterocycles. The lowest BCUT2D eigenvalue weighted by molar-refractivity contribution is -0.137. The van der Waals surface area contributed by atoms with Crippen molar-refractivity contribution in [3.05, 3.63) is 0 Å². The smallest absolute Gasteiger partial charge is 0.303 e. The molecule has 5 unspecified atom stereocenters. The number of carbonyl (C=O) groups is 1. The van der Waals surface area contributed by atoms with E-state index in [0.29, 0.717) is 19.3 Å². The van der Waals surface area contributed by atoms with Gasteiger partial charge in [0.2, 0.25) is 0 Å². The monoisotopic (exact) mass is 316 g/mol. The molecule has 0 amide bonds. The van der Waals surface area contributed by atoms with E-state index in [0.717, 1.165) is 38.5 Å². The van der Waals surface area contributed by atoms with Crippen LogP contribution in [0.4, 0.5) is 0 Å². The predicted molar refractivity (Wildman–Crippen MR) is 84.5 cm³/mol. The lowest BCUT2D eigenvalue weighted by Crippen LogP contribution is -2.26. The number of hydrogen-bond acceptors (Lipinski definition) is 4. The first-order valence-corrected chi connectivity index (χ1v) is 8.71. The molecule has 0 radical (unpaired) electrons. The third-order valence-corrected chi connectivity index (χ3v) is 4.88. The second-order valence-electron chi connectivity index (χ2n) is 6.72. The van der Waals surface area contributed by atoms with E-state index in [-0.39, 0.29) is 18.3 Å². The standard InChI is InChI=1S/C17H32O5/c1-2-3-7-12(18)10-14-13(15(19)11-16(14)20)8-5-4-6-9-17(21)22/h12-16,18-20H,2-11H2,1H3,(H,21,22). The molecule has 130 valence electrons. The van der Waals surface area contributed by atoms with E-state index >= 15 is 0 Å². The zero-order chi connectivity index (χ0) is 16.5. The molecule has 1 aliphatic carbocycles. The van der Waals surface area contributed by atoms with Crippen LogP contribution in [0, 0.1) is 11.8 Å². The fourth-order valence-electron chi connectivity index (χ4n) is 3.61. The highest BCUT2D eigenvalue weighted by Crippen LogP contribution is 2.39. The molecule has 1 rings (SSSR count). The highest BCUT2D eigenvalue weighted by atomic mass is 16.4. The first-order chi connectivity index (χ1) is 10.5. The van der Waals surface area contributed by atoms with Gasteiger partial charge >= 0.3 is 5.97 Å². The molecule has 5 atom stereocenters. The molecule has 0 spiro atoms. The Bertz CT molecular complexity index is 320. The summed E-state index contributed by atoms with van der Waals surface area (Å²) < 4.78 is 0. The summed E-state index contributed by atoms with van der Waals surface area (Å²) in [7, 11) is 0. The Morgan fingerprint density at radius 3 is 2.41 bits per heavy atom. The van der Waals surface area contributed by atoms with E-state index in [1.807, 2.05) is 0 Å². The van der Waals surface area contributed by atoms with Crippen LogP contribution in [0.2, 0.25) is 0 Å². The lowest BCUT2D eigenvalue weighted by Gasteiger charge is -2.25. The van der Waals surface area contributed by atoms with Crippen molar-refractivity contribution < 1.29 is 25.2 Å². The molecule has 5 heteroatoms. The van der Waals surface area contributed by atoms with Crippen LogP contribution in [0.5, 0.6) is 0 Å². The number of carboxylic acid groups (broad SMARTS) is 1. The zero-order valence-electron chi connectivity index (χ0n) is 13.7. The van der Waals surface area contributed by atoms with Gasteiger partial charge < -0.3 is 20.4 Å². The fraction of sp³-hybridized carbons (Fsp3) is 0.941. The molecule has 22 heavy (non-hydrogen) atoms. The summed E-state index contributed by atoms with van der Waals surface area (Å²) in [5.74, 6) is -0.786. The number of rotatable bonds is 11. The topological polar surface area (TPSA) is 98.0 Å². The number of hydrogen-bond donors (Lipinski definition) is 4. The minimum Gasteiger partial charge on any atom is -0.481 e. The van der Waals surface area contributed by atoms with Gasteiger partial charge in [-0.1, -0.05) is 32.6 Å². The largest absolute Gasteiger partial charge is 0.481 e. The summed E-state index contributed by atoms with van der Waals surface area (Å²) in [5.41, 5.74) is 0. The lowest BCUT2D eigenvalue weighted by atomic mass is 9.84. The average Bonchev–Trinajstić information content (AvgIpc) is 2.71. The van der Waals surface area contributed by atoms with Crippen molar-refractivity contribution in [2.45, 2.75) is 89.4 Å². The van der Waals surface area contributed by atoms with E-state index in [9.17, 15) is 20.1 Å². The van der Waals surface area contributed by atoms with Crippen LogP contribution in [0.25, 0.3) is 0 Å². The molecule has 0 aliphatic heterocycles. The molecule has 4 N–H and O–H groups in total. The molecule has 5 nitrogen and oxygen atoms in total. The Morgan fingerprint density at radius 2 is 1.77 bits per heavy atom. The third kappa shape index (κ3) is 6.63. The van der Waals surface area contributed by atoms with Gasteiger partial charge in [0.05, 0.1) is 18.3 Å². The van der Waals surface area contributed by atoms with Crippen LogP contribution in [0.3, 0.4) is 0 Å². The quantitative estimate of drug-likeness (QED) is 0.439. The summed E-state index contributed by atoms with van der Waals surface area (Å²) in [4.78, 5) is 10.5. The highest BCUT2D eigenvalue weighted by Gasteiger charge is 2.41. The Labute approximate surface area is 133 Å². The second kappa shape index (κ2) is 10.2. The summed E-state index contributed by atoms with van der Waals surface area (Å²) in [6.45, 7) is 2.08. The number of unbranched alkanes of at least 4 members (excludes halogenated alkanes) is 3. The van der Waals surface area contributed by atoms with E-state index in [4.69, 9.17) is 5.11 Å². The number of aliphatic hydroxyl groups is 3. The first-order valence-electron chi connectivity index (χ1n) is 8.71. The van der Waals surface area contributed by atoms with Gasteiger partial charge in [-0.2, -0.15) is 0 Å². The van der Waals surface area contributed by atoms with Gasteiger partial charge in [0.25, 0.3) is 0 Å². The Hall–Kier alpha value is -0.650. The zero-order valence-corrected chi connectivity index (χ0v) is 13.7. The van der Waals surface area contributed by atoms with Crippen LogP contribution in [0.1, 0.15) is 71.1 Å². The van der Waals surface area contributed by atoms with Gasteiger partial charge in [0, 0.05) is 6.42 Å². The predicted octanol–water partition coefficient (Wildman–Crippen LogP) is 2.32. The molecular weight excluding hydrogens is 284 g/mol. The minimum atomic E-state index is -0.770. The highest BCUT2D eigenvalue weighted by molar-refractivity contribution is 5.66. The van der Waals surface area contributed by atoms with Crippen molar-refractivity contribution in [1.82, 2.24) is 0 Å². The molecule has 1 saturated carbocycles. The molecular formula is C17H32O5. The first kappa shape index (κ1) is 19.4. The Kier molecular flexibility index (Phi) is 8.98. The van der Waals surface area contributed by atoms with Crippen molar-refractivity contribution in [3.63, 3.8) is 0 Å². The molecule has 0 saturated heterocycles. The summed E-state index contributed by atoms with van der Waals surface area (Å²) in [6.07, 6.45) is 5.62. The number of aliphatic hydroxyl groups excluding tert-OH is 3. The Balaban J connectivity index is 2.38. The van der Waals surface area contributed by atoms with Gasteiger partial charge in [0.1, 0.15) is 0 Å². The number of carboxylic acids is 1. The van der Waals surface area contributed by atoms with Crippen molar-refractivity contribution >= 4 is 5.97 Å². The summed E-state index contributed by atoms with van der Waals surface area (Å²) in [6, 6.07) is 0. The van der Waals surface area contributed by atoms with E-state index in [1.54, 1.807) is 0 Å². The van der Waals surface area contributed by atoms with E-state index < -0.39 is 24.3 Å². The normalized spacial score (nSPS) is 29.6. The maximum absolute atomic E-state index is 10.5. The van der Waals surface area contributed by atoms with Gasteiger partial charge in [0.15, 0.2) is 0 Å². The second-order valence-corrected chi connectivity index (χ2v) is 6.72. The molecule has 1 aliphatic rings. The van der Waals surface area contributed by atoms with Gasteiger partial charge in [-0.3, -0.25) is 4.79 Å². The molecule has 1 fully saturated rings. The maximum Gasteiger partial charge on any atom is 0.303 e. The molecule has 0 aromatic rings. The van der Waals surface area contributed by atoms with E-state index in [2.05, 4.69) is 6.92 Å². The molecule has 0 aromatic carbocycles. The van der Waals surface area contributed by atoms with Gasteiger partial charge in [-0.05, 0) is 43.9 Å². The van der Waals surface area contributed by atoms with E-state index in [1.165, 1.54) is 0 Å². The summed E-state index contributed by atoms with van der Waals surface area (Å²) in [5, 5.41) is 38.9. The molecule has 0 bridgehead atoms. The summed E-state index contributed by atoms with van der Waals surface area (Å²) >= 11 is 0. The third-order valence-electron chi connectivity index (χ3n) is 4.88. The van der Waals surface area contributed by atoms with Crippen LogP contribution in [-0.2, 0) is 4.79 Å². The van der Waals surface area contributed by atoms with Gasteiger partial charge in [-0.25, -0.2) is 0 Å².